The Labute approximate surface area is 80.5 Å². The van der Waals surface area contributed by atoms with Gasteiger partial charge in [-0.3, -0.25) is 0 Å². The zero-order valence-corrected chi connectivity index (χ0v) is 7.80. The maximum absolute atomic E-state index is 12.0. The molecule has 0 bridgehead atoms. The van der Waals surface area contributed by atoms with Crippen LogP contribution in [0.2, 0.25) is 0 Å². The molecule has 1 rings (SSSR count). The Morgan fingerprint density at radius 3 is 2.46 bits per heavy atom. The number of aromatic nitrogens is 1. The predicted octanol–water partition coefficient (Wildman–Crippen LogP) is 2.44. The molecule has 0 saturated heterocycles. The van der Waals surface area contributed by atoms with E-state index >= 15 is 0 Å². The first-order valence-corrected chi connectivity index (χ1v) is 4.08. The third-order valence-electron chi connectivity index (χ3n) is 1.33. The summed E-state index contributed by atoms with van der Waals surface area (Å²) in [6, 6.07) is 3.97. The highest BCUT2D eigenvalue weighted by Gasteiger charge is 2.40. The molecular formula is C7H5BrF3NO. The predicted molar refractivity (Wildman–Crippen MR) is 43.0 cm³/mol. The average Bonchev–Trinajstić information content (AvgIpc) is 2.01. The van der Waals surface area contributed by atoms with E-state index < -0.39 is 18.0 Å². The monoisotopic (exact) mass is 255 g/mol. The van der Waals surface area contributed by atoms with Gasteiger partial charge in [0.2, 0.25) is 0 Å². The molecule has 0 fully saturated rings. The van der Waals surface area contributed by atoms with E-state index in [1.54, 1.807) is 0 Å². The van der Waals surface area contributed by atoms with Gasteiger partial charge in [0.25, 0.3) is 0 Å². The lowest BCUT2D eigenvalue weighted by molar-refractivity contribution is -0.208. The molecule has 1 N–H and O–H groups in total. The van der Waals surface area contributed by atoms with Crippen molar-refractivity contribution in [1.82, 2.24) is 4.98 Å². The second kappa shape index (κ2) is 3.63. The fourth-order valence-electron chi connectivity index (χ4n) is 0.744. The van der Waals surface area contributed by atoms with Crippen LogP contribution in [0.5, 0.6) is 0 Å². The maximum atomic E-state index is 12.0. The zero-order chi connectivity index (χ0) is 10.1. The van der Waals surface area contributed by atoms with Crippen LogP contribution >= 0.6 is 15.9 Å². The molecule has 0 aliphatic heterocycles. The van der Waals surface area contributed by atoms with Gasteiger partial charge in [-0.15, -0.1) is 0 Å². The van der Waals surface area contributed by atoms with Crippen LogP contribution in [0.4, 0.5) is 13.2 Å². The largest absolute Gasteiger partial charge is 0.420 e. The smallest absolute Gasteiger partial charge is 0.378 e. The minimum Gasteiger partial charge on any atom is -0.378 e. The van der Waals surface area contributed by atoms with Crippen molar-refractivity contribution in [2.75, 3.05) is 0 Å². The first-order valence-electron chi connectivity index (χ1n) is 3.28. The van der Waals surface area contributed by atoms with Crippen molar-refractivity contribution in [3.8, 4) is 0 Å². The van der Waals surface area contributed by atoms with Gasteiger partial charge in [-0.2, -0.15) is 13.2 Å². The van der Waals surface area contributed by atoms with E-state index in [-0.39, 0.29) is 4.60 Å². The number of hydrogen-bond donors (Lipinski definition) is 1. The Kier molecular flexibility index (Phi) is 2.92. The van der Waals surface area contributed by atoms with Crippen LogP contribution in [0.1, 0.15) is 11.8 Å². The third-order valence-corrected chi connectivity index (χ3v) is 1.77. The summed E-state index contributed by atoms with van der Waals surface area (Å²) in [6.07, 6.45) is -7.20. The van der Waals surface area contributed by atoms with Crippen LogP contribution < -0.4 is 0 Å². The van der Waals surface area contributed by atoms with Crippen LogP contribution in [-0.2, 0) is 0 Å². The van der Waals surface area contributed by atoms with Gasteiger partial charge in [-0.1, -0.05) is 6.07 Å². The van der Waals surface area contributed by atoms with E-state index in [1.807, 2.05) is 0 Å². The van der Waals surface area contributed by atoms with Crippen LogP contribution in [0.3, 0.4) is 0 Å². The maximum Gasteiger partial charge on any atom is 0.420 e. The van der Waals surface area contributed by atoms with E-state index in [0.29, 0.717) is 0 Å². The molecule has 0 aliphatic rings. The van der Waals surface area contributed by atoms with Crippen molar-refractivity contribution < 1.29 is 18.3 Å². The molecule has 1 aromatic rings. The number of alkyl halides is 3. The summed E-state index contributed by atoms with van der Waals surface area (Å²) in [7, 11) is 0. The summed E-state index contributed by atoms with van der Waals surface area (Å²) in [5, 5.41) is 8.77. The molecule has 1 heterocycles. The Morgan fingerprint density at radius 2 is 2.00 bits per heavy atom. The Hall–Kier alpha value is -0.620. The van der Waals surface area contributed by atoms with Gasteiger partial charge in [0, 0.05) is 0 Å². The van der Waals surface area contributed by atoms with E-state index in [4.69, 9.17) is 5.11 Å². The van der Waals surface area contributed by atoms with Crippen molar-refractivity contribution in [2.24, 2.45) is 0 Å². The molecular weight excluding hydrogens is 251 g/mol. The quantitative estimate of drug-likeness (QED) is 0.783. The SMILES string of the molecule is O[C@H](c1cccc(Br)n1)C(F)(F)F. The molecule has 6 heteroatoms. The molecule has 0 radical (unpaired) electrons. The number of halogens is 4. The first-order chi connectivity index (χ1) is 5.91. The van der Waals surface area contributed by atoms with Crippen LogP contribution in [0, 0.1) is 0 Å². The van der Waals surface area contributed by atoms with Gasteiger partial charge in [-0.25, -0.2) is 4.98 Å². The van der Waals surface area contributed by atoms with Gasteiger partial charge in [-0.05, 0) is 28.1 Å². The number of aliphatic hydroxyl groups excluding tert-OH is 1. The summed E-state index contributed by atoms with van der Waals surface area (Å²) < 4.78 is 36.1. The zero-order valence-electron chi connectivity index (χ0n) is 6.22. The second-order valence-electron chi connectivity index (χ2n) is 2.33. The minimum atomic E-state index is -4.67. The van der Waals surface area contributed by atoms with E-state index in [9.17, 15) is 13.2 Å². The second-order valence-corrected chi connectivity index (χ2v) is 3.14. The Bertz CT molecular complexity index is 302. The highest BCUT2D eigenvalue weighted by atomic mass is 79.9. The van der Waals surface area contributed by atoms with Gasteiger partial charge in [0.05, 0.1) is 5.69 Å². The number of hydrogen-bond acceptors (Lipinski definition) is 2. The minimum absolute atomic E-state index is 0.258. The van der Waals surface area contributed by atoms with Crippen LogP contribution in [0.15, 0.2) is 22.8 Å². The lowest BCUT2D eigenvalue weighted by Crippen LogP contribution is -2.21. The van der Waals surface area contributed by atoms with Crippen molar-refractivity contribution >= 4 is 15.9 Å². The molecule has 0 aliphatic carbocycles. The summed E-state index contributed by atoms with van der Waals surface area (Å²) in [6.45, 7) is 0. The topological polar surface area (TPSA) is 33.1 Å². The fraction of sp³-hybridized carbons (Fsp3) is 0.286. The molecule has 0 saturated carbocycles. The van der Waals surface area contributed by atoms with Crippen molar-refractivity contribution in [2.45, 2.75) is 12.3 Å². The number of rotatable bonds is 1. The molecule has 1 aromatic heterocycles. The number of pyridine rings is 1. The number of aliphatic hydroxyl groups is 1. The standard InChI is InChI=1S/C7H5BrF3NO/c8-5-3-1-2-4(12-5)6(13)7(9,10)11/h1-3,6,13H/t6-/m1/s1. The molecule has 0 unspecified atom stereocenters. The summed E-state index contributed by atoms with van der Waals surface area (Å²) in [5.41, 5.74) is -0.415. The average molecular weight is 256 g/mol. The van der Waals surface area contributed by atoms with E-state index in [0.717, 1.165) is 6.07 Å². The summed E-state index contributed by atoms with van der Waals surface area (Å²) in [5.74, 6) is 0. The molecule has 0 amide bonds. The van der Waals surface area contributed by atoms with Gasteiger partial charge in [0.15, 0.2) is 6.10 Å². The van der Waals surface area contributed by atoms with Gasteiger partial charge in [0.1, 0.15) is 4.60 Å². The lowest BCUT2D eigenvalue weighted by Gasteiger charge is -2.13. The van der Waals surface area contributed by atoms with Crippen molar-refractivity contribution in [3.05, 3.63) is 28.5 Å². The third kappa shape index (κ3) is 2.67. The number of nitrogens with zero attached hydrogens (tertiary/aromatic N) is 1. The highest BCUT2D eigenvalue weighted by molar-refractivity contribution is 9.10. The van der Waals surface area contributed by atoms with Crippen LogP contribution in [0.25, 0.3) is 0 Å². The fourth-order valence-corrected chi connectivity index (χ4v) is 1.10. The lowest BCUT2D eigenvalue weighted by atomic mass is 10.2. The first kappa shape index (κ1) is 10.5. The van der Waals surface area contributed by atoms with Crippen molar-refractivity contribution in [3.63, 3.8) is 0 Å². The molecule has 2 nitrogen and oxygen atoms in total. The van der Waals surface area contributed by atoms with E-state index in [1.165, 1.54) is 12.1 Å². The molecule has 13 heavy (non-hydrogen) atoms. The van der Waals surface area contributed by atoms with Crippen LogP contribution in [-0.4, -0.2) is 16.3 Å². The normalized spacial score (nSPS) is 14.2. The summed E-state index contributed by atoms with van der Waals surface area (Å²) >= 11 is 2.91. The molecule has 0 spiro atoms. The summed E-state index contributed by atoms with van der Waals surface area (Å²) in [4.78, 5) is 3.49. The van der Waals surface area contributed by atoms with E-state index in [2.05, 4.69) is 20.9 Å². The Morgan fingerprint density at radius 1 is 1.38 bits per heavy atom. The van der Waals surface area contributed by atoms with Gasteiger partial charge < -0.3 is 5.11 Å². The Balaban J connectivity index is 2.96. The molecule has 72 valence electrons. The highest BCUT2D eigenvalue weighted by Crippen LogP contribution is 2.31. The molecule has 1 atom stereocenters. The van der Waals surface area contributed by atoms with Gasteiger partial charge >= 0.3 is 6.18 Å². The molecule has 0 aromatic carbocycles. The van der Waals surface area contributed by atoms with Crippen molar-refractivity contribution in [1.29, 1.82) is 0 Å².